The summed E-state index contributed by atoms with van der Waals surface area (Å²) in [6.45, 7) is 0.748. The lowest BCUT2D eigenvalue weighted by atomic mass is 10.3. The van der Waals surface area contributed by atoms with Crippen molar-refractivity contribution in [2.45, 2.75) is 0 Å². The first-order chi connectivity index (χ1) is 10.6. The summed E-state index contributed by atoms with van der Waals surface area (Å²) in [7, 11) is 0. The SMILES string of the molecule is Clc1ccc(OCC=CCOc2ccc(Cl)cc2Cl)c(Cl)c1. The number of hydrogen-bond acceptors (Lipinski definition) is 2. The molecule has 6 heteroatoms. The van der Waals surface area contributed by atoms with Crippen molar-refractivity contribution >= 4 is 46.4 Å². The highest BCUT2D eigenvalue weighted by Gasteiger charge is 2.02. The van der Waals surface area contributed by atoms with Crippen LogP contribution in [0, 0.1) is 0 Å². The van der Waals surface area contributed by atoms with E-state index in [0.717, 1.165) is 0 Å². The molecule has 0 saturated heterocycles. The van der Waals surface area contributed by atoms with Gasteiger partial charge in [-0.25, -0.2) is 0 Å². The lowest BCUT2D eigenvalue weighted by Gasteiger charge is -2.06. The van der Waals surface area contributed by atoms with Crippen molar-refractivity contribution in [2.24, 2.45) is 0 Å². The van der Waals surface area contributed by atoms with Crippen LogP contribution in [0.3, 0.4) is 0 Å². The highest BCUT2D eigenvalue weighted by Crippen LogP contribution is 2.28. The number of benzene rings is 2. The van der Waals surface area contributed by atoms with Crippen LogP contribution < -0.4 is 9.47 Å². The van der Waals surface area contributed by atoms with E-state index in [1.807, 2.05) is 12.2 Å². The Morgan fingerprint density at radius 3 is 1.45 bits per heavy atom. The van der Waals surface area contributed by atoms with E-state index < -0.39 is 0 Å². The van der Waals surface area contributed by atoms with Crippen LogP contribution in [0.1, 0.15) is 0 Å². The monoisotopic (exact) mass is 376 g/mol. The summed E-state index contributed by atoms with van der Waals surface area (Å²) in [5.41, 5.74) is 0. The molecule has 0 heterocycles. The summed E-state index contributed by atoms with van der Waals surface area (Å²) < 4.78 is 11.0. The zero-order valence-corrected chi connectivity index (χ0v) is 14.4. The summed E-state index contributed by atoms with van der Waals surface area (Å²) in [5.74, 6) is 1.16. The molecule has 22 heavy (non-hydrogen) atoms. The van der Waals surface area contributed by atoms with Gasteiger partial charge < -0.3 is 9.47 Å². The van der Waals surface area contributed by atoms with Gasteiger partial charge in [-0.05, 0) is 48.6 Å². The Labute approximate surface area is 149 Å². The lowest BCUT2D eigenvalue weighted by Crippen LogP contribution is -1.97. The standard InChI is InChI=1S/C16H12Cl4O2/c17-11-3-5-15(13(19)9-11)21-7-1-2-8-22-16-6-4-12(18)10-14(16)20/h1-6,9-10H,7-8H2. The highest BCUT2D eigenvalue weighted by atomic mass is 35.5. The second-order valence-corrected chi connectivity index (χ2v) is 5.93. The molecule has 0 aliphatic carbocycles. The Balaban J connectivity index is 1.76. The predicted molar refractivity (Wildman–Crippen MR) is 93.1 cm³/mol. The Hall–Kier alpha value is -1.06. The number of ether oxygens (including phenoxy) is 2. The van der Waals surface area contributed by atoms with Gasteiger partial charge in [0, 0.05) is 10.0 Å². The Morgan fingerprint density at radius 1 is 0.682 bits per heavy atom. The van der Waals surface area contributed by atoms with E-state index in [9.17, 15) is 0 Å². The fraction of sp³-hybridized carbons (Fsp3) is 0.125. The van der Waals surface area contributed by atoms with Gasteiger partial charge in [0.2, 0.25) is 0 Å². The van der Waals surface area contributed by atoms with Gasteiger partial charge in [0.1, 0.15) is 24.7 Å². The first-order valence-electron chi connectivity index (χ1n) is 6.37. The van der Waals surface area contributed by atoms with E-state index in [1.165, 1.54) is 0 Å². The Morgan fingerprint density at radius 2 is 1.09 bits per heavy atom. The van der Waals surface area contributed by atoms with Crippen LogP contribution in [0.15, 0.2) is 48.6 Å². The molecular formula is C16H12Cl4O2. The average Bonchev–Trinajstić information content (AvgIpc) is 2.46. The molecule has 0 fully saturated rings. The normalized spacial score (nSPS) is 10.9. The van der Waals surface area contributed by atoms with E-state index in [0.29, 0.717) is 44.8 Å². The van der Waals surface area contributed by atoms with Gasteiger partial charge in [0.05, 0.1) is 10.0 Å². The molecular weight excluding hydrogens is 366 g/mol. The van der Waals surface area contributed by atoms with Gasteiger partial charge in [-0.1, -0.05) is 46.4 Å². The van der Waals surface area contributed by atoms with E-state index in [1.54, 1.807) is 36.4 Å². The summed E-state index contributed by atoms with van der Waals surface area (Å²) in [4.78, 5) is 0. The second kappa shape index (κ2) is 8.54. The summed E-state index contributed by atoms with van der Waals surface area (Å²) >= 11 is 23.6. The molecule has 0 spiro atoms. The summed E-state index contributed by atoms with van der Waals surface area (Å²) in [5, 5.41) is 2.09. The van der Waals surface area contributed by atoms with Crippen molar-refractivity contribution in [1.82, 2.24) is 0 Å². The molecule has 0 radical (unpaired) electrons. The molecule has 0 unspecified atom stereocenters. The topological polar surface area (TPSA) is 18.5 Å². The number of rotatable bonds is 6. The molecule has 2 rings (SSSR count). The molecule has 0 bridgehead atoms. The number of hydrogen-bond donors (Lipinski definition) is 0. The van der Waals surface area contributed by atoms with Crippen molar-refractivity contribution < 1.29 is 9.47 Å². The summed E-state index contributed by atoms with van der Waals surface area (Å²) in [6, 6.07) is 10.2. The molecule has 2 aromatic carbocycles. The van der Waals surface area contributed by atoms with Crippen LogP contribution in [-0.2, 0) is 0 Å². The van der Waals surface area contributed by atoms with Crippen molar-refractivity contribution in [3.63, 3.8) is 0 Å². The lowest BCUT2D eigenvalue weighted by molar-refractivity contribution is 0.350. The van der Waals surface area contributed by atoms with Crippen molar-refractivity contribution in [2.75, 3.05) is 13.2 Å². The van der Waals surface area contributed by atoms with Crippen LogP contribution in [0.2, 0.25) is 20.1 Å². The quantitative estimate of drug-likeness (QED) is 0.548. The molecule has 2 aromatic rings. The van der Waals surface area contributed by atoms with Gasteiger partial charge in [0.15, 0.2) is 0 Å². The summed E-state index contributed by atoms with van der Waals surface area (Å²) in [6.07, 6.45) is 3.66. The minimum absolute atomic E-state index is 0.374. The van der Waals surface area contributed by atoms with Crippen LogP contribution in [0.4, 0.5) is 0 Å². The highest BCUT2D eigenvalue weighted by molar-refractivity contribution is 6.36. The first-order valence-corrected chi connectivity index (χ1v) is 7.88. The molecule has 116 valence electrons. The third-order valence-electron chi connectivity index (χ3n) is 2.62. The minimum atomic E-state index is 0.374. The zero-order valence-electron chi connectivity index (χ0n) is 11.4. The smallest absolute Gasteiger partial charge is 0.138 e. The van der Waals surface area contributed by atoms with Crippen LogP contribution in [0.25, 0.3) is 0 Å². The van der Waals surface area contributed by atoms with E-state index >= 15 is 0 Å². The maximum atomic E-state index is 6.00. The predicted octanol–water partition coefficient (Wildman–Crippen LogP) is 6.31. The Bertz CT molecular complexity index is 614. The van der Waals surface area contributed by atoms with Gasteiger partial charge in [-0.2, -0.15) is 0 Å². The average molecular weight is 378 g/mol. The second-order valence-electron chi connectivity index (χ2n) is 4.24. The van der Waals surface area contributed by atoms with E-state index in [4.69, 9.17) is 55.9 Å². The van der Waals surface area contributed by atoms with E-state index in [2.05, 4.69) is 0 Å². The molecule has 0 aliphatic heterocycles. The Kier molecular flexibility index (Phi) is 6.71. The van der Waals surface area contributed by atoms with Gasteiger partial charge in [-0.3, -0.25) is 0 Å². The third-order valence-corrected chi connectivity index (χ3v) is 3.69. The van der Waals surface area contributed by atoms with Crippen molar-refractivity contribution in [3.05, 3.63) is 68.6 Å². The van der Waals surface area contributed by atoms with E-state index in [-0.39, 0.29) is 0 Å². The molecule has 0 atom stereocenters. The minimum Gasteiger partial charge on any atom is -0.488 e. The van der Waals surface area contributed by atoms with Gasteiger partial charge >= 0.3 is 0 Å². The third kappa shape index (κ3) is 5.29. The van der Waals surface area contributed by atoms with Crippen LogP contribution >= 0.6 is 46.4 Å². The molecule has 0 saturated carbocycles. The number of halogens is 4. The van der Waals surface area contributed by atoms with Gasteiger partial charge in [-0.15, -0.1) is 0 Å². The molecule has 0 amide bonds. The van der Waals surface area contributed by atoms with Gasteiger partial charge in [0.25, 0.3) is 0 Å². The maximum Gasteiger partial charge on any atom is 0.138 e. The largest absolute Gasteiger partial charge is 0.488 e. The molecule has 0 N–H and O–H groups in total. The first kappa shape index (κ1) is 17.3. The zero-order chi connectivity index (χ0) is 15.9. The van der Waals surface area contributed by atoms with Crippen molar-refractivity contribution in [1.29, 1.82) is 0 Å². The molecule has 0 aromatic heterocycles. The maximum absolute atomic E-state index is 6.00. The molecule has 0 aliphatic rings. The van der Waals surface area contributed by atoms with Crippen LogP contribution in [0.5, 0.6) is 11.5 Å². The fourth-order valence-electron chi connectivity index (χ4n) is 1.60. The fourth-order valence-corrected chi connectivity index (χ4v) is 2.52. The molecule has 2 nitrogen and oxygen atoms in total. The van der Waals surface area contributed by atoms with Crippen molar-refractivity contribution in [3.8, 4) is 11.5 Å². The van der Waals surface area contributed by atoms with Crippen LogP contribution in [-0.4, -0.2) is 13.2 Å².